The molecular weight excluding hydrogens is 416 g/mol. The van der Waals surface area contributed by atoms with Crippen molar-refractivity contribution in [3.63, 3.8) is 0 Å². The van der Waals surface area contributed by atoms with Crippen molar-refractivity contribution in [1.82, 2.24) is 9.78 Å². The second kappa shape index (κ2) is 6.59. The van der Waals surface area contributed by atoms with Gasteiger partial charge in [-0.1, -0.05) is 17.7 Å². The summed E-state index contributed by atoms with van der Waals surface area (Å²) in [5, 5.41) is 9.78. The molecule has 2 N–H and O–H groups in total. The van der Waals surface area contributed by atoms with E-state index in [2.05, 4.69) is 5.10 Å². The number of hydrogen-bond acceptors (Lipinski definition) is 4. The van der Waals surface area contributed by atoms with E-state index in [1.807, 2.05) is 0 Å². The summed E-state index contributed by atoms with van der Waals surface area (Å²) in [4.78, 5) is 0.346. The van der Waals surface area contributed by atoms with E-state index in [1.165, 1.54) is 40.7 Å². The average Bonchev–Trinajstić information content (AvgIpc) is 3.01. The Hall–Kier alpha value is -1.94. The van der Waals surface area contributed by atoms with Crippen LogP contribution in [0.25, 0.3) is 16.9 Å². The van der Waals surface area contributed by atoms with Crippen LogP contribution in [0.1, 0.15) is 17.7 Å². The lowest BCUT2D eigenvalue weighted by Crippen LogP contribution is -2.12. The molecule has 0 saturated carbocycles. The maximum Gasteiger partial charge on any atom is 0.283 e. The second-order valence-corrected chi connectivity index (χ2v) is 8.89. The van der Waals surface area contributed by atoms with Gasteiger partial charge in [0.2, 0.25) is 10.0 Å². The third-order valence-electron chi connectivity index (χ3n) is 4.18. The zero-order valence-electron chi connectivity index (χ0n) is 13.6. The van der Waals surface area contributed by atoms with Crippen LogP contribution in [0.3, 0.4) is 0 Å². The number of aromatic nitrogens is 2. The molecule has 10 heteroatoms. The Bertz CT molecular complexity index is 1150. The minimum absolute atomic E-state index is 0.0667. The van der Waals surface area contributed by atoms with Crippen LogP contribution < -0.4 is 5.14 Å². The maximum atomic E-state index is 13.5. The monoisotopic (exact) mass is 427 g/mol. The first-order chi connectivity index (χ1) is 12.8. The van der Waals surface area contributed by atoms with Crippen molar-refractivity contribution in [2.75, 3.05) is 0 Å². The summed E-state index contributed by atoms with van der Waals surface area (Å²) in [6, 6.07) is 10.9. The quantitative estimate of drug-likeness (QED) is 0.672. The van der Waals surface area contributed by atoms with Crippen molar-refractivity contribution in [3.8, 4) is 16.9 Å². The van der Waals surface area contributed by atoms with Gasteiger partial charge in [0.1, 0.15) is 5.69 Å². The number of hydrogen-bond donors (Lipinski definition) is 1. The number of fused-ring (bicyclic) bond motifs is 3. The summed E-state index contributed by atoms with van der Waals surface area (Å²) in [6.07, 6.45) is -2.73. The molecule has 2 aromatic carbocycles. The van der Waals surface area contributed by atoms with Gasteiger partial charge < -0.3 is 0 Å². The molecular formula is C17H12ClF2N3O2S2. The lowest BCUT2D eigenvalue weighted by molar-refractivity contribution is 0.142. The Kier molecular flexibility index (Phi) is 4.50. The highest BCUT2D eigenvalue weighted by Crippen LogP contribution is 2.47. The van der Waals surface area contributed by atoms with Gasteiger partial charge in [0.25, 0.3) is 6.43 Å². The number of alkyl halides is 2. The number of rotatable bonds is 3. The van der Waals surface area contributed by atoms with Crippen molar-refractivity contribution >= 4 is 33.4 Å². The van der Waals surface area contributed by atoms with Gasteiger partial charge in [-0.3, -0.25) is 0 Å². The molecule has 0 aliphatic carbocycles. The number of nitrogens with zero attached hydrogens (tertiary/aromatic N) is 2. The van der Waals surface area contributed by atoms with Crippen LogP contribution in [-0.2, 0) is 15.8 Å². The number of sulfonamides is 1. The summed E-state index contributed by atoms with van der Waals surface area (Å²) in [5.41, 5.74) is 2.38. The predicted octanol–water partition coefficient (Wildman–Crippen LogP) is 4.38. The molecule has 1 aliphatic heterocycles. The van der Waals surface area contributed by atoms with Crippen LogP contribution in [0.15, 0.2) is 52.3 Å². The predicted molar refractivity (Wildman–Crippen MR) is 99.9 cm³/mol. The Morgan fingerprint density at radius 1 is 1.19 bits per heavy atom. The lowest BCUT2D eigenvalue weighted by atomic mass is 10.0. The highest BCUT2D eigenvalue weighted by molar-refractivity contribution is 7.98. The molecule has 2 heterocycles. The molecule has 1 aliphatic rings. The Balaban J connectivity index is 1.94. The summed E-state index contributed by atoms with van der Waals surface area (Å²) >= 11 is 7.34. The summed E-state index contributed by atoms with van der Waals surface area (Å²) in [5.74, 6) is 0.513. The van der Waals surface area contributed by atoms with Crippen LogP contribution in [0.2, 0.25) is 5.02 Å². The van der Waals surface area contributed by atoms with Crippen LogP contribution in [0.5, 0.6) is 0 Å². The van der Waals surface area contributed by atoms with E-state index in [9.17, 15) is 17.2 Å². The SMILES string of the molecule is NS(=O)(=O)c1ccc(-n2nc(C(F)F)c3c2-c2ccc(Cl)cc2CS3)cc1. The highest BCUT2D eigenvalue weighted by atomic mass is 35.5. The first-order valence-corrected chi connectivity index (χ1v) is 10.6. The van der Waals surface area contributed by atoms with Gasteiger partial charge in [-0.15, -0.1) is 11.8 Å². The van der Waals surface area contributed by atoms with Gasteiger partial charge in [0, 0.05) is 16.3 Å². The van der Waals surface area contributed by atoms with Gasteiger partial charge >= 0.3 is 0 Å². The van der Waals surface area contributed by atoms with Crippen molar-refractivity contribution in [2.45, 2.75) is 22.0 Å². The van der Waals surface area contributed by atoms with E-state index in [0.29, 0.717) is 27.1 Å². The summed E-state index contributed by atoms with van der Waals surface area (Å²) in [7, 11) is -3.85. The summed E-state index contributed by atoms with van der Waals surface area (Å²) < 4.78 is 51.4. The van der Waals surface area contributed by atoms with Gasteiger partial charge in [0.05, 0.1) is 21.2 Å². The fourth-order valence-electron chi connectivity index (χ4n) is 2.97. The Morgan fingerprint density at radius 3 is 2.52 bits per heavy atom. The normalized spacial score (nSPS) is 13.5. The fraction of sp³-hybridized carbons (Fsp3) is 0.118. The van der Waals surface area contributed by atoms with Crippen LogP contribution in [0, 0.1) is 0 Å². The molecule has 0 fully saturated rings. The molecule has 0 spiro atoms. The molecule has 1 aromatic heterocycles. The number of primary sulfonamides is 1. The van der Waals surface area contributed by atoms with Crippen molar-refractivity contribution in [3.05, 3.63) is 58.7 Å². The third-order valence-corrected chi connectivity index (χ3v) is 6.49. The van der Waals surface area contributed by atoms with Crippen LogP contribution in [0.4, 0.5) is 8.78 Å². The van der Waals surface area contributed by atoms with E-state index in [0.717, 1.165) is 11.1 Å². The van der Waals surface area contributed by atoms with E-state index in [1.54, 1.807) is 18.2 Å². The molecule has 0 amide bonds. The molecule has 140 valence electrons. The molecule has 3 aromatic rings. The van der Waals surface area contributed by atoms with Crippen molar-refractivity contribution in [1.29, 1.82) is 0 Å². The second-order valence-electron chi connectivity index (χ2n) is 5.90. The Labute approximate surface area is 163 Å². The average molecular weight is 428 g/mol. The molecule has 0 atom stereocenters. The van der Waals surface area contributed by atoms with Gasteiger partial charge in [-0.2, -0.15) is 5.10 Å². The maximum absolute atomic E-state index is 13.5. The highest BCUT2D eigenvalue weighted by Gasteiger charge is 2.30. The molecule has 0 saturated heterocycles. The van der Waals surface area contributed by atoms with E-state index in [-0.39, 0.29) is 10.6 Å². The number of nitrogens with two attached hydrogens (primary N) is 1. The fourth-order valence-corrected chi connectivity index (χ4v) is 4.83. The van der Waals surface area contributed by atoms with E-state index >= 15 is 0 Å². The van der Waals surface area contributed by atoms with Crippen LogP contribution >= 0.6 is 23.4 Å². The molecule has 27 heavy (non-hydrogen) atoms. The minimum atomic E-state index is -3.85. The first-order valence-electron chi connectivity index (χ1n) is 7.71. The minimum Gasteiger partial charge on any atom is -0.231 e. The zero-order valence-corrected chi connectivity index (χ0v) is 16.0. The standard InChI is InChI=1S/C17H12ClF2N3O2S2/c18-10-1-6-13-9(7-10)8-26-16-14(17(19)20)22-23(15(13)16)11-2-4-12(5-3-11)27(21,24)25/h1-7,17H,8H2,(H2,21,24,25). The topological polar surface area (TPSA) is 78.0 Å². The zero-order chi connectivity index (χ0) is 19.3. The molecule has 0 bridgehead atoms. The molecule has 4 rings (SSSR count). The molecule has 5 nitrogen and oxygen atoms in total. The number of thioether (sulfide) groups is 1. The molecule has 0 unspecified atom stereocenters. The van der Waals surface area contributed by atoms with E-state index < -0.39 is 16.4 Å². The van der Waals surface area contributed by atoms with E-state index in [4.69, 9.17) is 16.7 Å². The number of halogens is 3. The van der Waals surface area contributed by atoms with Gasteiger partial charge in [0.15, 0.2) is 0 Å². The largest absolute Gasteiger partial charge is 0.283 e. The van der Waals surface area contributed by atoms with Crippen molar-refractivity contribution in [2.24, 2.45) is 5.14 Å². The lowest BCUT2D eigenvalue weighted by Gasteiger charge is -2.18. The third kappa shape index (κ3) is 3.25. The Morgan fingerprint density at radius 2 is 1.89 bits per heavy atom. The first kappa shape index (κ1) is 18.4. The van der Waals surface area contributed by atoms with Crippen LogP contribution in [-0.4, -0.2) is 18.2 Å². The van der Waals surface area contributed by atoms with Gasteiger partial charge in [-0.25, -0.2) is 27.0 Å². The smallest absolute Gasteiger partial charge is 0.231 e. The summed E-state index contributed by atoms with van der Waals surface area (Å²) in [6.45, 7) is 0. The molecule has 0 radical (unpaired) electrons. The number of benzene rings is 2. The van der Waals surface area contributed by atoms with Crippen molar-refractivity contribution < 1.29 is 17.2 Å². The van der Waals surface area contributed by atoms with Gasteiger partial charge in [-0.05, 0) is 42.0 Å².